The number of rotatable bonds is 4. The van der Waals surface area contributed by atoms with Crippen molar-refractivity contribution in [2.24, 2.45) is 0 Å². The van der Waals surface area contributed by atoms with Crippen LogP contribution in [0.2, 0.25) is 0 Å². The highest BCUT2D eigenvalue weighted by molar-refractivity contribution is 5.04. The van der Waals surface area contributed by atoms with E-state index in [4.69, 9.17) is 9.47 Å². The standard InChI is InChI=1S/C13H22O2/c1-10(2)6-5-7-11(3)8-13-14-9-12(4)15-13/h6,8,12-13H,5,7,9H2,1-4H3/b11-8+/t12-,13-/m0/s1. The van der Waals surface area contributed by atoms with E-state index in [1.165, 1.54) is 11.1 Å². The van der Waals surface area contributed by atoms with Crippen LogP contribution in [0, 0.1) is 0 Å². The largest absolute Gasteiger partial charge is 0.346 e. The fourth-order valence-corrected chi connectivity index (χ4v) is 1.53. The van der Waals surface area contributed by atoms with Crippen LogP contribution in [-0.4, -0.2) is 19.0 Å². The van der Waals surface area contributed by atoms with Crippen molar-refractivity contribution in [1.82, 2.24) is 0 Å². The van der Waals surface area contributed by atoms with Gasteiger partial charge in [0.15, 0.2) is 6.29 Å². The van der Waals surface area contributed by atoms with Gasteiger partial charge in [0.2, 0.25) is 0 Å². The second-order valence-corrected chi connectivity index (χ2v) is 4.48. The van der Waals surface area contributed by atoms with E-state index in [0.29, 0.717) is 6.61 Å². The Morgan fingerprint density at radius 1 is 1.33 bits per heavy atom. The molecule has 1 heterocycles. The van der Waals surface area contributed by atoms with Crippen LogP contribution in [0.25, 0.3) is 0 Å². The zero-order valence-corrected chi connectivity index (χ0v) is 10.2. The third-order valence-corrected chi connectivity index (χ3v) is 2.37. The number of ether oxygens (including phenoxy) is 2. The lowest BCUT2D eigenvalue weighted by Crippen LogP contribution is -2.06. The van der Waals surface area contributed by atoms with Crippen molar-refractivity contribution in [2.75, 3.05) is 6.61 Å². The predicted octanol–water partition coefficient (Wildman–Crippen LogP) is 3.44. The SMILES string of the molecule is CC(C)=CCC/C(C)=C/[C@H]1OC[C@H](C)O1. The van der Waals surface area contributed by atoms with Crippen LogP contribution in [0.15, 0.2) is 23.3 Å². The lowest BCUT2D eigenvalue weighted by atomic mass is 10.1. The van der Waals surface area contributed by atoms with Crippen LogP contribution in [0.1, 0.15) is 40.5 Å². The van der Waals surface area contributed by atoms with Gasteiger partial charge in [-0.2, -0.15) is 0 Å². The van der Waals surface area contributed by atoms with E-state index < -0.39 is 0 Å². The zero-order valence-electron chi connectivity index (χ0n) is 10.2. The molecule has 0 aromatic carbocycles. The summed E-state index contributed by atoms with van der Waals surface area (Å²) in [7, 11) is 0. The van der Waals surface area contributed by atoms with Crippen LogP contribution in [-0.2, 0) is 9.47 Å². The number of hydrogen-bond acceptors (Lipinski definition) is 2. The van der Waals surface area contributed by atoms with Gasteiger partial charge in [-0.15, -0.1) is 0 Å². The molecular weight excluding hydrogens is 188 g/mol. The molecule has 1 saturated heterocycles. The maximum Gasteiger partial charge on any atom is 0.177 e. The third-order valence-electron chi connectivity index (χ3n) is 2.37. The van der Waals surface area contributed by atoms with Crippen molar-refractivity contribution in [2.45, 2.75) is 52.9 Å². The molecule has 15 heavy (non-hydrogen) atoms. The molecule has 0 N–H and O–H groups in total. The number of hydrogen-bond donors (Lipinski definition) is 0. The Bertz CT molecular complexity index is 249. The first-order chi connectivity index (χ1) is 7.08. The van der Waals surface area contributed by atoms with Crippen LogP contribution < -0.4 is 0 Å². The first-order valence-electron chi connectivity index (χ1n) is 5.65. The van der Waals surface area contributed by atoms with Gasteiger partial charge < -0.3 is 9.47 Å². The Morgan fingerprint density at radius 3 is 2.60 bits per heavy atom. The van der Waals surface area contributed by atoms with Crippen LogP contribution >= 0.6 is 0 Å². The highest BCUT2D eigenvalue weighted by Gasteiger charge is 2.19. The van der Waals surface area contributed by atoms with Gasteiger partial charge in [-0.3, -0.25) is 0 Å². The summed E-state index contributed by atoms with van der Waals surface area (Å²) in [6.07, 6.45) is 6.65. The summed E-state index contributed by atoms with van der Waals surface area (Å²) in [6, 6.07) is 0. The Balaban J connectivity index is 2.30. The van der Waals surface area contributed by atoms with Gasteiger partial charge in [-0.05, 0) is 46.6 Å². The molecule has 0 unspecified atom stereocenters. The minimum Gasteiger partial charge on any atom is -0.346 e. The van der Waals surface area contributed by atoms with Crippen molar-refractivity contribution >= 4 is 0 Å². The summed E-state index contributed by atoms with van der Waals surface area (Å²) in [5.74, 6) is 0. The van der Waals surface area contributed by atoms with Crippen molar-refractivity contribution < 1.29 is 9.47 Å². The molecule has 1 fully saturated rings. The summed E-state index contributed by atoms with van der Waals surface area (Å²) >= 11 is 0. The fraction of sp³-hybridized carbons (Fsp3) is 0.692. The average molecular weight is 210 g/mol. The van der Waals surface area contributed by atoms with Gasteiger partial charge in [0, 0.05) is 0 Å². The number of allylic oxidation sites excluding steroid dienone is 3. The van der Waals surface area contributed by atoms with E-state index in [0.717, 1.165) is 12.8 Å². The minimum absolute atomic E-state index is 0.119. The summed E-state index contributed by atoms with van der Waals surface area (Å²) in [4.78, 5) is 0. The molecule has 0 bridgehead atoms. The van der Waals surface area contributed by atoms with E-state index in [9.17, 15) is 0 Å². The molecule has 0 aliphatic carbocycles. The molecule has 2 atom stereocenters. The molecule has 1 rings (SSSR count). The molecule has 0 saturated carbocycles. The van der Waals surface area contributed by atoms with Gasteiger partial charge in [0.25, 0.3) is 0 Å². The van der Waals surface area contributed by atoms with Gasteiger partial charge in [-0.25, -0.2) is 0 Å². The molecule has 0 amide bonds. The van der Waals surface area contributed by atoms with Crippen molar-refractivity contribution in [3.8, 4) is 0 Å². The quantitative estimate of drug-likeness (QED) is 0.662. The molecule has 86 valence electrons. The normalized spacial score (nSPS) is 26.8. The molecule has 2 heteroatoms. The van der Waals surface area contributed by atoms with E-state index in [1.54, 1.807) is 0 Å². The average Bonchev–Trinajstić information content (AvgIpc) is 2.50. The Morgan fingerprint density at radius 2 is 2.07 bits per heavy atom. The highest BCUT2D eigenvalue weighted by atomic mass is 16.7. The van der Waals surface area contributed by atoms with Crippen molar-refractivity contribution in [3.05, 3.63) is 23.3 Å². The van der Waals surface area contributed by atoms with E-state index in [1.807, 2.05) is 6.92 Å². The zero-order chi connectivity index (χ0) is 11.3. The Kier molecular flexibility index (Phi) is 5.06. The monoisotopic (exact) mass is 210 g/mol. The van der Waals surface area contributed by atoms with E-state index in [-0.39, 0.29) is 12.4 Å². The fourth-order valence-electron chi connectivity index (χ4n) is 1.53. The van der Waals surface area contributed by atoms with Crippen LogP contribution in [0.3, 0.4) is 0 Å². The second-order valence-electron chi connectivity index (χ2n) is 4.48. The molecule has 1 aliphatic heterocycles. The van der Waals surface area contributed by atoms with Crippen LogP contribution in [0.4, 0.5) is 0 Å². The topological polar surface area (TPSA) is 18.5 Å². The summed E-state index contributed by atoms with van der Waals surface area (Å²) in [6.45, 7) is 9.14. The molecule has 1 aliphatic rings. The molecular formula is C13H22O2. The maximum atomic E-state index is 5.55. The van der Waals surface area contributed by atoms with Gasteiger partial charge in [-0.1, -0.05) is 17.2 Å². The Labute approximate surface area is 93.0 Å². The molecule has 0 radical (unpaired) electrons. The third kappa shape index (κ3) is 5.14. The van der Waals surface area contributed by atoms with Crippen molar-refractivity contribution in [3.63, 3.8) is 0 Å². The maximum absolute atomic E-state index is 5.55. The van der Waals surface area contributed by atoms with Gasteiger partial charge >= 0.3 is 0 Å². The van der Waals surface area contributed by atoms with E-state index in [2.05, 4.69) is 32.9 Å². The molecule has 0 spiro atoms. The summed E-state index contributed by atoms with van der Waals surface area (Å²) < 4.78 is 11.0. The van der Waals surface area contributed by atoms with Gasteiger partial charge in [0.05, 0.1) is 12.7 Å². The highest BCUT2D eigenvalue weighted by Crippen LogP contribution is 2.15. The van der Waals surface area contributed by atoms with Crippen molar-refractivity contribution in [1.29, 1.82) is 0 Å². The summed E-state index contributed by atoms with van der Waals surface area (Å²) in [5, 5.41) is 0. The molecule has 0 aromatic heterocycles. The smallest absolute Gasteiger partial charge is 0.177 e. The van der Waals surface area contributed by atoms with Crippen LogP contribution in [0.5, 0.6) is 0 Å². The lowest BCUT2D eigenvalue weighted by molar-refractivity contribution is -0.0167. The van der Waals surface area contributed by atoms with E-state index >= 15 is 0 Å². The first kappa shape index (κ1) is 12.5. The second kappa shape index (κ2) is 6.09. The summed E-state index contributed by atoms with van der Waals surface area (Å²) in [5.41, 5.74) is 2.72. The Hall–Kier alpha value is -0.600. The first-order valence-corrected chi connectivity index (χ1v) is 5.65. The molecule has 2 nitrogen and oxygen atoms in total. The predicted molar refractivity (Wildman–Crippen MR) is 62.7 cm³/mol. The minimum atomic E-state index is -0.119. The van der Waals surface area contributed by atoms with Gasteiger partial charge in [0.1, 0.15) is 0 Å². The lowest BCUT2D eigenvalue weighted by Gasteiger charge is -2.06. The molecule has 0 aromatic rings.